The van der Waals surface area contributed by atoms with Crippen LogP contribution in [0.4, 0.5) is 10.1 Å². The van der Waals surface area contributed by atoms with Crippen molar-refractivity contribution in [3.8, 4) is 11.5 Å². The lowest BCUT2D eigenvalue weighted by Gasteiger charge is -2.15. The van der Waals surface area contributed by atoms with Crippen LogP contribution in [0.3, 0.4) is 0 Å². The predicted octanol–water partition coefficient (Wildman–Crippen LogP) is 2.75. The minimum atomic E-state index is -0.463. The monoisotopic (exact) mass is 269 g/mol. The summed E-state index contributed by atoms with van der Waals surface area (Å²) < 4.78 is 30.0. The zero-order chi connectivity index (χ0) is 13.7. The van der Waals surface area contributed by atoms with Crippen LogP contribution < -0.4 is 15.2 Å². The van der Waals surface area contributed by atoms with E-state index in [1.165, 1.54) is 12.1 Å². The first-order valence-electron chi connectivity index (χ1n) is 6.67. The highest BCUT2D eigenvalue weighted by atomic mass is 19.1. The Labute approximate surface area is 112 Å². The number of nitrogen functional groups attached to an aromatic ring is 1. The molecule has 1 heterocycles. The molecule has 4 nitrogen and oxygen atoms in total. The molecule has 19 heavy (non-hydrogen) atoms. The third-order valence-corrected chi connectivity index (χ3v) is 2.97. The van der Waals surface area contributed by atoms with E-state index in [0.717, 1.165) is 25.9 Å². The van der Waals surface area contributed by atoms with E-state index in [0.29, 0.717) is 19.0 Å². The Balaban J connectivity index is 2.01. The molecule has 1 unspecified atom stereocenters. The van der Waals surface area contributed by atoms with Crippen molar-refractivity contribution >= 4 is 5.69 Å². The molecular weight excluding hydrogens is 249 g/mol. The van der Waals surface area contributed by atoms with E-state index in [4.69, 9.17) is 19.9 Å². The molecule has 2 rings (SSSR count). The second-order valence-corrected chi connectivity index (χ2v) is 4.61. The lowest BCUT2D eigenvalue weighted by molar-refractivity contribution is 0.0681. The maximum absolute atomic E-state index is 13.6. The van der Waals surface area contributed by atoms with E-state index in [-0.39, 0.29) is 17.5 Å². The number of ether oxygens (including phenoxy) is 3. The summed E-state index contributed by atoms with van der Waals surface area (Å²) >= 11 is 0. The SMILES string of the molecule is CCCOc1cc(OCC2CCCO2)c(N)cc1F. The molecule has 0 aliphatic carbocycles. The Bertz CT molecular complexity index is 419. The molecule has 1 fully saturated rings. The summed E-state index contributed by atoms with van der Waals surface area (Å²) in [6, 6.07) is 2.74. The van der Waals surface area contributed by atoms with Crippen LogP contribution in [0.2, 0.25) is 0 Å². The van der Waals surface area contributed by atoms with Crippen molar-refractivity contribution in [1.29, 1.82) is 0 Å². The van der Waals surface area contributed by atoms with Crippen LogP contribution in [0.5, 0.6) is 11.5 Å². The van der Waals surface area contributed by atoms with Gasteiger partial charge in [0.25, 0.3) is 0 Å². The van der Waals surface area contributed by atoms with Gasteiger partial charge in [-0.2, -0.15) is 0 Å². The van der Waals surface area contributed by atoms with Gasteiger partial charge in [0, 0.05) is 18.7 Å². The quantitative estimate of drug-likeness (QED) is 0.807. The van der Waals surface area contributed by atoms with Crippen LogP contribution in [0.25, 0.3) is 0 Å². The van der Waals surface area contributed by atoms with Gasteiger partial charge in [-0.25, -0.2) is 4.39 Å². The summed E-state index contributed by atoms with van der Waals surface area (Å²) in [6.45, 7) is 3.64. The van der Waals surface area contributed by atoms with Gasteiger partial charge in [0.05, 0.1) is 18.4 Å². The van der Waals surface area contributed by atoms with Crippen LogP contribution in [0, 0.1) is 5.82 Å². The zero-order valence-corrected chi connectivity index (χ0v) is 11.2. The van der Waals surface area contributed by atoms with Crippen molar-refractivity contribution in [1.82, 2.24) is 0 Å². The van der Waals surface area contributed by atoms with Crippen molar-refractivity contribution in [2.24, 2.45) is 0 Å². The lowest BCUT2D eigenvalue weighted by Crippen LogP contribution is -2.17. The normalized spacial score (nSPS) is 18.5. The van der Waals surface area contributed by atoms with Gasteiger partial charge in [0.1, 0.15) is 12.4 Å². The highest BCUT2D eigenvalue weighted by molar-refractivity contribution is 5.56. The number of rotatable bonds is 6. The summed E-state index contributed by atoms with van der Waals surface area (Å²) in [4.78, 5) is 0. The molecule has 0 radical (unpaired) electrons. The topological polar surface area (TPSA) is 53.7 Å². The number of nitrogens with two attached hydrogens (primary N) is 1. The highest BCUT2D eigenvalue weighted by Crippen LogP contribution is 2.30. The van der Waals surface area contributed by atoms with E-state index in [1.807, 2.05) is 6.92 Å². The first-order chi connectivity index (χ1) is 9.20. The zero-order valence-electron chi connectivity index (χ0n) is 11.2. The first kappa shape index (κ1) is 13.9. The second-order valence-electron chi connectivity index (χ2n) is 4.61. The summed E-state index contributed by atoms with van der Waals surface area (Å²) in [5.41, 5.74) is 6.02. The Hall–Kier alpha value is -1.49. The van der Waals surface area contributed by atoms with E-state index in [1.54, 1.807) is 0 Å². The fourth-order valence-electron chi connectivity index (χ4n) is 1.96. The van der Waals surface area contributed by atoms with Gasteiger partial charge in [0.2, 0.25) is 0 Å². The summed E-state index contributed by atoms with van der Waals surface area (Å²) in [5, 5.41) is 0. The molecule has 0 saturated carbocycles. The van der Waals surface area contributed by atoms with Crippen LogP contribution in [-0.2, 0) is 4.74 Å². The third kappa shape index (κ3) is 3.73. The average Bonchev–Trinajstić information content (AvgIpc) is 2.90. The average molecular weight is 269 g/mol. The molecule has 0 amide bonds. The molecule has 1 atom stereocenters. The molecule has 1 aliphatic rings. The van der Waals surface area contributed by atoms with Gasteiger partial charge in [-0.15, -0.1) is 0 Å². The molecule has 0 aromatic heterocycles. The lowest BCUT2D eigenvalue weighted by atomic mass is 10.2. The van der Waals surface area contributed by atoms with E-state index >= 15 is 0 Å². The van der Waals surface area contributed by atoms with Gasteiger partial charge in [-0.3, -0.25) is 0 Å². The maximum Gasteiger partial charge on any atom is 0.167 e. The maximum atomic E-state index is 13.6. The van der Waals surface area contributed by atoms with Gasteiger partial charge in [0.15, 0.2) is 11.6 Å². The Morgan fingerprint density at radius 3 is 2.89 bits per heavy atom. The van der Waals surface area contributed by atoms with E-state index < -0.39 is 5.82 Å². The number of anilines is 1. The van der Waals surface area contributed by atoms with Gasteiger partial charge in [-0.05, 0) is 19.3 Å². The summed E-state index contributed by atoms with van der Waals surface area (Å²) in [7, 11) is 0. The smallest absolute Gasteiger partial charge is 0.167 e. The molecule has 1 aromatic carbocycles. The fraction of sp³-hybridized carbons (Fsp3) is 0.571. The molecule has 1 aromatic rings. The number of hydrogen-bond donors (Lipinski definition) is 1. The summed E-state index contributed by atoms with van der Waals surface area (Å²) in [5.74, 6) is 0.164. The molecular formula is C14H20FNO3. The number of hydrogen-bond acceptors (Lipinski definition) is 4. The Morgan fingerprint density at radius 2 is 2.21 bits per heavy atom. The van der Waals surface area contributed by atoms with Crippen molar-refractivity contribution in [3.63, 3.8) is 0 Å². The van der Waals surface area contributed by atoms with Gasteiger partial charge < -0.3 is 19.9 Å². The second kappa shape index (κ2) is 6.61. The standard InChI is InChI=1S/C14H20FNO3/c1-2-5-18-13-8-14(12(16)7-11(13)15)19-9-10-4-3-6-17-10/h7-8,10H,2-6,9,16H2,1H3. The molecule has 0 spiro atoms. The molecule has 1 aliphatic heterocycles. The highest BCUT2D eigenvalue weighted by Gasteiger charge is 2.17. The number of halogens is 1. The van der Waals surface area contributed by atoms with Crippen molar-refractivity contribution in [3.05, 3.63) is 17.9 Å². The van der Waals surface area contributed by atoms with Crippen molar-refractivity contribution in [2.75, 3.05) is 25.6 Å². The van der Waals surface area contributed by atoms with Crippen LogP contribution in [-0.4, -0.2) is 25.9 Å². The third-order valence-electron chi connectivity index (χ3n) is 2.97. The molecule has 106 valence electrons. The fourth-order valence-corrected chi connectivity index (χ4v) is 1.96. The van der Waals surface area contributed by atoms with Gasteiger partial charge >= 0.3 is 0 Å². The van der Waals surface area contributed by atoms with Crippen LogP contribution >= 0.6 is 0 Å². The molecule has 2 N–H and O–H groups in total. The molecule has 0 bridgehead atoms. The molecule has 5 heteroatoms. The Kier molecular flexibility index (Phi) is 4.85. The van der Waals surface area contributed by atoms with Crippen LogP contribution in [0.1, 0.15) is 26.2 Å². The van der Waals surface area contributed by atoms with Crippen LogP contribution in [0.15, 0.2) is 12.1 Å². The number of benzene rings is 1. The van der Waals surface area contributed by atoms with Crippen molar-refractivity contribution < 1.29 is 18.6 Å². The van der Waals surface area contributed by atoms with E-state index in [2.05, 4.69) is 0 Å². The minimum Gasteiger partial charge on any atom is -0.490 e. The van der Waals surface area contributed by atoms with Crippen molar-refractivity contribution in [2.45, 2.75) is 32.3 Å². The van der Waals surface area contributed by atoms with E-state index in [9.17, 15) is 4.39 Å². The largest absolute Gasteiger partial charge is 0.490 e. The van der Waals surface area contributed by atoms with Gasteiger partial charge in [-0.1, -0.05) is 6.92 Å². The summed E-state index contributed by atoms with van der Waals surface area (Å²) in [6.07, 6.45) is 2.96. The molecule has 1 saturated heterocycles. The minimum absolute atomic E-state index is 0.101. The first-order valence-corrected chi connectivity index (χ1v) is 6.67. The predicted molar refractivity (Wildman–Crippen MR) is 71.1 cm³/mol. The Morgan fingerprint density at radius 1 is 1.37 bits per heavy atom.